The first-order chi connectivity index (χ1) is 6.90. The van der Waals surface area contributed by atoms with Crippen LogP contribution in [0.25, 0.3) is 11.0 Å². The number of hydrogen-bond acceptors (Lipinski definition) is 1. The summed E-state index contributed by atoms with van der Waals surface area (Å²) in [6.07, 6.45) is 3.71. The lowest BCUT2D eigenvalue weighted by molar-refractivity contribution is 0.878. The first-order valence-corrected chi connectivity index (χ1v) is 4.55. The Hall–Kier alpha value is -1.61. The Kier molecular flexibility index (Phi) is 2.60. The summed E-state index contributed by atoms with van der Waals surface area (Å²) in [5.41, 5.74) is 2.29. The highest BCUT2D eigenvalue weighted by atomic mass is 15.3. The summed E-state index contributed by atoms with van der Waals surface area (Å²) < 4.78 is 1.85. The Morgan fingerprint density at radius 1 is 1.36 bits per heavy atom. The molecule has 0 atom stereocenters. The van der Waals surface area contributed by atoms with Gasteiger partial charge >= 0.3 is 0 Å². The smallest absolute Gasteiger partial charge is 0.0647 e. The molecule has 0 aliphatic carbocycles. The molecule has 2 aromatic rings. The van der Waals surface area contributed by atoms with Gasteiger partial charge in [-0.1, -0.05) is 17.7 Å². The minimum Gasteiger partial charge on any atom is -0.661 e. The molecule has 1 aromatic heterocycles. The zero-order valence-corrected chi connectivity index (χ0v) is 8.09. The predicted octanol–water partition coefficient (Wildman–Crippen LogP) is 2.38. The van der Waals surface area contributed by atoms with Crippen LogP contribution in [0.3, 0.4) is 0 Å². The monoisotopic (exact) mass is 186 g/mol. The number of aromatic nitrogens is 2. The number of nitrogens with zero attached hydrogens (tertiary/aromatic N) is 3. The van der Waals surface area contributed by atoms with Crippen molar-refractivity contribution >= 4 is 0 Å². The Morgan fingerprint density at radius 3 is 3.00 bits per heavy atom. The average molecular weight is 186 g/mol. The lowest BCUT2D eigenvalue weighted by Crippen LogP contribution is -1.95. The third-order valence-corrected chi connectivity index (χ3v) is 2.02. The van der Waals surface area contributed by atoms with Crippen LogP contribution in [0.15, 0.2) is 42.7 Å². The first-order valence-electron chi connectivity index (χ1n) is 4.55. The maximum Gasteiger partial charge on any atom is 0.0647 e. The summed E-state index contributed by atoms with van der Waals surface area (Å²) in [5, 5.41) is 8.27. The van der Waals surface area contributed by atoms with Crippen molar-refractivity contribution in [2.75, 3.05) is 7.05 Å². The van der Waals surface area contributed by atoms with E-state index >= 15 is 0 Å². The van der Waals surface area contributed by atoms with Crippen LogP contribution in [0.4, 0.5) is 0 Å². The van der Waals surface area contributed by atoms with E-state index in [2.05, 4.69) is 22.5 Å². The number of benzene rings is 1. The van der Waals surface area contributed by atoms with Crippen LogP contribution in [-0.4, -0.2) is 16.8 Å². The minimum atomic E-state index is 0.759. The second-order valence-electron chi connectivity index (χ2n) is 3.09. The fourth-order valence-electron chi connectivity index (χ4n) is 1.40. The van der Waals surface area contributed by atoms with Gasteiger partial charge in [-0.2, -0.15) is 12.1 Å². The minimum absolute atomic E-state index is 0.759. The summed E-state index contributed by atoms with van der Waals surface area (Å²) in [6, 6.07) is 10.1. The molecule has 72 valence electrons. The highest BCUT2D eigenvalue weighted by Crippen LogP contribution is 2.11. The number of hydrogen-bond donors (Lipinski definition) is 0. The van der Waals surface area contributed by atoms with E-state index in [9.17, 15) is 0 Å². The largest absolute Gasteiger partial charge is 0.661 e. The van der Waals surface area contributed by atoms with Gasteiger partial charge in [0.05, 0.1) is 5.69 Å². The van der Waals surface area contributed by atoms with Gasteiger partial charge in [0.1, 0.15) is 0 Å². The van der Waals surface area contributed by atoms with Gasteiger partial charge in [0.25, 0.3) is 0 Å². The van der Waals surface area contributed by atoms with Crippen molar-refractivity contribution in [3.05, 3.63) is 53.6 Å². The van der Waals surface area contributed by atoms with Gasteiger partial charge in [-0.15, -0.1) is 6.54 Å². The molecule has 0 aliphatic rings. The fraction of sp³-hybridized carbons (Fsp3) is 0.182. The summed E-state index contributed by atoms with van der Waals surface area (Å²) in [6.45, 7) is 0.759. The zero-order chi connectivity index (χ0) is 9.80. The van der Waals surface area contributed by atoms with Crippen LogP contribution in [0.2, 0.25) is 0 Å². The first kappa shape index (κ1) is 8.97. The predicted molar refractivity (Wildman–Crippen MR) is 56.6 cm³/mol. The Morgan fingerprint density at radius 2 is 2.29 bits per heavy atom. The van der Waals surface area contributed by atoms with Crippen LogP contribution in [0.5, 0.6) is 0 Å². The topological polar surface area (TPSA) is 31.9 Å². The van der Waals surface area contributed by atoms with E-state index in [0.717, 1.165) is 12.2 Å². The molecule has 0 unspecified atom stereocenters. The molecule has 1 aromatic carbocycles. The quantitative estimate of drug-likeness (QED) is 0.724. The van der Waals surface area contributed by atoms with Gasteiger partial charge in [-0.25, -0.2) is 4.68 Å². The highest BCUT2D eigenvalue weighted by molar-refractivity contribution is 5.35. The molecular weight excluding hydrogens is 174 g/mol. The van der Waals surface area contributed by atoms with Gasteiger partial charge in [0, 0.05) is 12.4 Å². The van der Waals surface area contributed by atoms with Crippen LogP contribution < -0.4 is 0 Å². The third kappa shape index (κ3) is 1.83. The molecule has 0 fully saturated rings. The van der Waals surface area contributed by atoms with Gasteiger partial charge < -0.3 is 5.32 Å². The van der Waals surface area contributed by atoms with Crippen molar-refractivity contribution in [2.45, 2.75) is 6.54 Å². The average Bonchev–Trinajstić information content (AvgIpc) is 2.71. The summed E-state index contributed by atoms with van der Waals surface area (Å²) in [7, 11) is 1.82. The molecule has 2 rings (SSSR count). The second-order valence-corrected chi connectivity index (χ2v) is 3.09. The van der Waals surface area contributed by atoms with E-state index in [1.807, 2.05) is 36.1 Å². The molecule has 0 saturated heterocycles. The highest BCUT2D eigenvalue weighted by Gasteiger charge is 1.94. The van der Waals surface area contributed by atoms with Crippen molar-refractivity contribution in [3.8, 4) is 5.69 Å². The van der Waals surface area contributed by atoms with Crippen LogP contribution in [0.1, 0.15) is 5.56 Å². The standard InChI is InChI=1S/C11H12N3/c1-12-9-10-4-2-5-11(8-10)14-7-3-6-13-14/h2-8H,9H2,1H3/q-1. The molecule has 0 N–H and O–H groups in total. The molecule has 1 heterocycles. The summed E-state index contributed by atoms with van der Waals surface area (Å²) in [4.78, 5) is 0. The van der Waals surface area contributed by atoms with Gasteiger partial charge in [-0.05, 0) is 18.2 Å². The Labute approximate surface area is 83.4 Å². The third-order valence-electron chi connectivity index (χ3n) is 2.02. The van der Waals surface area contributed by atoms with Gasteiger partial charge in [0.15, 0.2) is 0 Å². The number of rotatable bonds is 3. The molecule has 0 bridgehead atoms. The van der Waals surface area contributed by atoms with E-state index in [1.165, 1.54) is 5.56 Å². The molecule has 14 heavy (non-hydrogen) atoms. The van der Waals surface area contributed by atoms with E-state index in [0.29, 0.717) is 0 Å². The maximum atomic E-state index is 4.17. The van der Waals surface area contributed by atoms with Crippen molar-refractivity contribution < 1.29 is 0 Å². The molecule has 0 radical (unpaired) electrons. The van der Waals surface area contributed by atoms with Gasteiger partial charge in [0.2, 0.25) is 0 Å². The fourth-order valence-corrected chi connectivity index (χ4v) is 1.40. The Balaban J connectivity index is 2.31. The van der Waals surface area contributed by atoms with Gasteiger partial charge in [-0.3, -0.25) is 0 Å². The lowest BCUT2D eigenvalue weighted by Gasteiger charge is -2.12. The van der Waals surface area contributed by atoms with E-state index in [-0.39, 0.29) is 0 Å². The Bertz CT molecular complexity index is 393. The van der Waals surface area contributed by atoms with E-state index in [1.54, 1.807) is 6.20 Å². The van der Waals surface area contributed by atoms with E-state index < -0.39 is 0 Å². The molecule has 3 heteroatoms. The van der Waals surface area contributed by atoms with Crippen LogP contribution in [-0.2, 0) is 6.54 Å². The van der Waals surface area contributed by atoms with Crippen molar-refractivity contribution in [1.29, 1.82) is 0 Å². The van der Waals surface area contributed by atoms with Crippen molar-refractivity contribution in [3.63, 3.8) is 0 Å². The summed E-state index contributed by atoms with van der Waals surface area (Å²) in [5.74, 6) is 0. The SMILES string of the molecule is C[N-]Cc1cccc(-n2cccn2)c1. The molecule has 0 saturated carbocycles. The lowest BCUT2D eigenvalue weighted by atomic mass is 10.2. The molecule has 0 spiro atoms. The summed E-state index contributed by atoms with van der Waals surface area (Å²) >= 11 is 0. The molecular formula is C11H12N3-. The van der Waals surface area contributed by atoms with Crippen molar-refractivity contribution in [1.82, 2.24) is 9.78 Å². The maximum absolute atomic E-state index is 4.17. The van der Waals surface area contributed by atoms with Crippen LogP contribution >= 0.6 is 0 Å². The molecule has 3 nitrogen and oxygen atoms in total. The molecule has 0 amide bonds. The normalized spacial score (nSPS) is 10.4. The molecule has 0 aliphatic heterocycles. The zero-order valence-electron chi connectivity index (χ0n) is 8.09. The second kappa shape index (κ2) is 4.07. The van der Waals surface area contributed by atoms with E-state index in [4.69, 9.17) is 0 Å². The van der Waals surface area contributed by atoms with Crippen molar-refractivity contribution in [2.24, 2.45) is 0 Å². The van der Waals surface area contributed by atoms with Crippen LogP contribution in [0, 0.1) is 0 Å².